The average Bonchev–Trinajstić information content (AvgIpc) is 2.37. The zero-order valence-electron chi connectivity index (χ0n) is 11.9. The van der Waals surface area contributed by atoms with Crippen molar-refractivity contribution in [2.75, 3.05) is 24.5 Å². The van der Waals surface area contributed by atoms with Crippen LogP contribution in [-0.2, 0) is 6.54 Å². The van der Waals surface area contributed by atoms with E-state index in [9.17, 15) is 0 Å². The fraction of sp³-hybridized carbons (Fsp3) is 0.625. The predicted molar refractivity (Wildman–Crippen MR) is 84.1 cm³/mol. The minimum atomic E-state index is 0.845. The van der Waals surface area contributed by atoms with E-state index in [1.54, 1.807) is 0 Å². The quantitative estimate of drug-likeness (QED) is 0.888. The first-order valence-corrected chi connectivity index (χ1v) is 7.93. The van der Waals surface area contributed by atoms with Crippen molar-refractivity contribution in [3.8, 4) is 0 Å². The molecule has 0 aliphatic carbocycles. The predicted octanol–water partition coefficient (Wildman–Crippen LogP) is 4.22. The van der Waals surface area contributed by atoms with Crippen LogP contribution in [0.15, 0.2) is 18.2 Å². The Bertz CT molecular complexity index is 384. The summed E-state index contributed by atoms with van der Waals surface area (Å²) in [6.45, 7) is 6.41. The van der Waals surface area contributed by atoms with Crippen molar-refractivity contribution in [2.24, 2.45) is 0 Å². The molecule has 3 heteroatoms. The lowest BCUT2D eigenvalue weighted by Gasteiger charge is -2.29. The second kappa shape index (κ2) is 7.76. The fourth-order valence-corrected chi connectivity index (χ4v) is 2.90. The van der Waals surface area contributed by atoms with Gasteiger partial charge in [-0.3, -0.25) is 0 Å². The molecule has 0 bridgehead atoms. The van der Waals surface area contributed by atoms with E-state index in [0.717, 1.165) is 18.1 Å². The Kier molecular flexibility index (Phi) is 5.99. The maximum atomic E-state index is 6.20. The summed E-state index contributed by atoms with van der Waals surface area (Å²) >= 11 is 6.20. The Morgan fingerprint density at radius 2 is 1.79 bits per heavy atom. The Morgan fingerprint density at radius 3 is 2.47 bits per heavy atom. The monoisotopic (exact) mass is 280 g/mol. The highest BCUT2D eigenvalue weighted by atomic mass is 35.5. The summed E-state index contributed by atoms with van der Waals surface area (Å²) in [5.41, 5.74) is 2.70. The first kappa shape index (κ1) is 14.7. The van der Waals surface area contributed by atoms with Gasteiger partial charge >= 0.3 is 0 Å². The van der Waals surface area contributed by atoms with E-state index in [2.05, 4.69) is 29.3 Å². The van der Waals surface area contributed by atoms with Crippen molar-refractivity contribution < 1.29 is 0 Å². The number of benzene rings is 1. The van der Waals surface area contributed by atoms with Gasteiger partial charge in [0.15, 0.2) is 0 Å². The average molecular weight is 281 g/mol. The van der Waals surface area contributed by atoms with Gasteiger partial charge < -0.3 is 10.2 Å². The number of hydrogen-bond donors (Lipinski definition) is 1. The zero-order valence-corrected chi connectivity index (χ0v) is 12.7. The van der Waals surface area contributed by atoms with Crippen molar-refractivity contribution >= 4 is 17.3 Å². The largest absolute Gasteiger partial charge is 0.371 e. The van der Waals surface area contributed by atoms with Crippen molar-refractivity contribution in [3.63, 3.8) is 0 Å². The Balaban J connectivity index is 2.16. The smallest absolute Gasteiger partial charge is 0.0426 e. The first-order chi connectivity index (χ1) is 9.31. The highest BCUT2D eigenvalue weighted by Gasteiger charge is 2.13. The van der Waals surface area contributed by atoms with Gasteiger partial charge in [0.2, 0.25) is 0 Å². The minimum Gasteiger partial charge on any atom is -0.371 e. The molecule has 1 aromatic rings. The molecule has 106 valence electrons. The van der Waals surface area contributed by atoms with Gasteiger partial charge in [0.25, 0.3) is 0 Å². The lowest BCUT2D eigenvalue weighted by Crippen LogP contribution is -2.28. The van der Waals surface area contributed by atoms with Crippen LogP contribution in [0.4, 0.5) is 5.69 Å². The molecule has 1 fully saturated rings. The Labute approximate surface area is 122 Å². The molecule has 1 N–H and O–H groups in total. The number of hydrogen-bond acceptors (Lipinski definition) is 2. The SMILES string of the molecule is CCNCc1ccc(Cl)cc1N1CCCCCCC1. The molecule has 1 saturated heterocycles. The Morgan fingerprint density at radius 1 is 1.11 bits per heavy atom. The molecule has 0 amide bonds. The minimum absolute atomic E-state index is 0.845. The lowest BCUT2D eigenvalue weighted by atomic mass is 10.1. The molecule has 2 nitrogen and oxygen atoms in total. The summed E-state index contributed by atoms with van der Waals surface area (Å²) in [5, 5.41) is 4.27. The topological polar surface area (TPSA) is 15.3 Å². The van der Waals surface area contributed by atoms with E-state index >= 15 is 0 Å². The van der Waals surface area contributed by atoms with Crippen LogP contribution in [0, 0.1) is 0 Å². The summed E-state index contributed by atoms with van der Waals surface area (Å²) in [6, 6.07) is 6.30. The van der Waals surface area contributed by atoms with Gasteiger partial charge in [0.05, 0.1) is 0 Å². The van der Waals surface area contributed by atoms with Crippen LogP contribution in [0.2, 0.25) is 5.02 Å². The molecule has 1 heterocycles. The second-order valence-corrected chi connectivity index (χ2v) is 5.74. The van der Waals surface area contributed by atoms with Crippen LogP contribution < -0.4 is 10.2 Å². The van der Waals surface area contributed by atoms with E-state index in [-0.39, 0.29) is 0 Å². The normalized spacial score (nSPS) is 17.1. The molecule has 0 atom stereocenters. The van der Waals surface area contributed by atoms with Gasteiger partial charge in [-0.15, -0.1) is 0 Å². The highest BCUT2D eigenvalue weighted by Crippen LogP contribution is 2.27. The molecule has 0 radical (unpaired) electrons. The van der Waals surface area contributed by atoms with Gasteiger partial charge in [-0.25, -0.2) is 0 Å². The number of anilines is 1. The molecule has 0 aromatic heterocycles. The maximum absolute atomic E-state index is 6.20. The first-order valence-electron chi connectivity index (χ1n) is 7.55. The van der Waals surface area contributed by atoms with E-state index in [4.69, 9.17) is 11.6 Å². The molecule has 1 aromatic carbocycles. The zero-order chi connectivity index (χ0) is 13.5. The summed E-state index contributed by atoms with van der Waals surface area (Å²) < 4.78 is 0. The molecule has 1 aliphatic heterocycles. The van der Waals surface area contributed by atoms with Gasteiger partial charge in [-0.05, 0) is 37.1 Å². The van der Waals surface area contributed by atoms with Crippen LogP contribution >= 0.6 is 11.6 Å². The molecule has 2 rings (SSSR count). The van der Waals surface area contributed by atoms with Gasteiger partial charge in [0.1, 0.15) is 0 Å². The van der Waals surface area contributed by atoms with Crippen molar-refractivity contribution in [1.29, 1.82) is 0 Å². The molecular formula is C16H25ClN2. The van der Waals surface area contributed by atoms with Gasteiger partial charge in [-0.2, -0.15) is 0 Å². The lowest BCUT2D eigenvalue weighted by molar-refractivity contribution is 0.555. The van der Waals surface area contributed by atoms with Crippen LogP contribution in [-0.4, -0.2) is 19.6 Å². The summed E-state index contributed by atoms with van der Waals surface area (Å²) in [4.78, 5) is 2.53. The molecule has 0 saturated carbocycles. The standard InChI is InChI=1S/C16H25ClN2/c1-2-18-13-14-8-9-15(17)12-16(14)19-10-6-4-3-5-7-11-19/h8-9,12,18H,2-7,10-11,13H2,1H3. The summed E-state index contributed by atoms with van der Waals surface area (Å²) in [7, 11) is 0. The van der Waals surface area contributed by atoms with Crippen molar-refractivity contribution in [1.82, 2.24) is 5.32 Å². The third kappa shape index (κ3) is 4.39. The second-order valence-electron chi connectivity index (χ2n) is 5.31. The van der Waals surface area contributed by atoms with Gasteiger partial charge in [0, 0.05) is 30.3 Å². The van der Waals surface area contributed by atoms with Crippen LogP contribution in [0.1, 0.15) is 44.6 Å². The van der Waals surface area contributed by atoms with E-state index in [0.29, 0.717) is 0 Å². The van der Waals surface area contributed by atoms with Crippen molar-refractivity contribution in [3.05, 3.63) is 28.8 Å². The number of nitrogens with zero attached hydrogens (tertiary/aromatic N) is 1. The van der Waals surface area contributed by atoms with Crippen LogP contribution in [0.3, 0.4) is 0 Å². The molecule has 19 heavy (non-hydrogen) atoms. The van der Waals surface area contributed by atoms with E-state index in [1.807, 2.05) is 6.07 Å². The Hall–Kier alpha value is -0.730. The van der Waals surface area contributed by atoms with Crippen LogP contribution in [0.25, 0.3) is 0 Å². The van der Waals surface area contributed by atoms with Gasteiger partial charge in [-0.1, -0.05) is 43.9 Å². The third-order valence-electron chi connectivity index (χ3n) is 3.81. The number of rotatable bonds is 4. The van der Waals surface area contributed by atoms with Crippen molar-refractivity contribution in [2.45, 2.75) is 45.6 Å². The summed E-state index contributed by atoms with van der Waals surface area (Å²) in [5.74, 6) is 0. The maximum Gasteiger partial charge on any atom is 0.0426 e. The summed E-state index contributed by atoms with van der Waals surface area (Å²) in [6.07, 6.45) is 6.72. The third-order valence-corrected chi connectivity index (χ3v) is 4.04. The number of nitrogens with one attached hydrogen (secondary N) is 1. The van der Waals surface area contributed by atoms with E-state index < -0.39 is 0 Å². The van der Waals surface area contributed by atoms with Crippen LogP contribution in [0.5, 0.6) is 0 Å². The molecule has 1 aliphatic rings. The number of halogens is 1. The molecule has 0 unspecified atom stereocenters. The van der Waals surface area contributed by atoms with E-state index in [1.165, 1.54) is 56.4 Å². The highest BCUT2D eigenvalue weighted by molar-refractivity contribution is 6.30. The molecular weight excluding hydrogens is 256 g/mol. The fourth-order valence-electron chi connectivity index (χ4n) is 2.73. The molecule has 0 spiro atoms.